The highest BCUT2D eigenvalue weighted by Gasteiger charge is 2.49. The summed E-state index contributed by atoms with van der Waals surface area (Å²) in [7, 11) is 2.11. The molecule has 0 radical (unpaired) electrons. The van der Waals surface area contributed by atoms with Crippen LogP contribution < -0.4 is 4.90 Å². The van der Waals surface area contributed by atoms with Crippen molar-refractivity contribution in [3.63, 3.8) is 0 Å². The lowest BCUT2D eigenvalue weighted by molar-refractivity contribution is 0.496. The van der Waals surface area contributed by atoms with E-state index in [1.165, 1.54) is 55.3 Å². The Kier molecular flexibility index (Phi) is 6.01. The summed E-state index contributed by atoms with van der Waals surface area (Å²) in [6.45, 7) is 5.54. The SMILES string of the molecule is CN1C=CN(c2ccc3c4ccccc4n(-c4cccc(C5(c6ccccn6)c6ccccc6C(C)(C)c6ccccc65)c4)c3c2)C1. The minimum atomic E-state index is -0.602. The van der Waals surface area contributed by atoms with Gasteiger partial charge in [-0.15, -0.1) is 0 Å². The Morgan fingerprint density at radius 1 is 0.574 bits per heavy atom. The Morgan fingerprint density at radius 3 is 1.96 bits per heavy atom. The van der Waals surface area contributed by atoms with Gasteiger partial charge in [-0.05, 0) is 70.3 Å². The predicted molar refractivity (Wildman–Crippen MR) is 193 cm³/mol. The van der Waals surface area contributed by atoms with E-state index >= 15 is 0 Å². The molecule has 1 aliphatic heterocycles. The molecule has 0 saturated carbocycles. The molecular formula is C43H36N4. The zero-order chi connectivity index (χ0) is 31.8. The normalized spacial score (nSPS) is 16.1. The molecule has 0 atom stereocenters. The summed E-state index contributed by atoms with van der Waals surface area (Å²) < 4.78 is 2.44. The zero-order valence-electron chi connectivity index (χ0n) is 26.9. The summed E-state index contributed by atoms with van der Waals surface area (Å²) in [5.41, 5.74) is 11.4. The van der Waals surface area contributed by atoms with Crippen LogP contribution in [0.1, 0.15) is 47.4 Å². The van der Waals surface area contributed by atoms with Crippen LogP contribution in [0.4, 0.5) is 5.69 Å². The van der Waals surface area contributed by atoms with Crippen molar-refractivity contribution in [3.8, 4) is 5.69 Å². The van der Waals surface area contributed by atoms with Crippen LogP contribution in [0, 0.1) is 0 Å². The fourth-order valence-electron chi connectivity index (χ4n) is 8.31. The van der Waals surface area contributed by atoms with Gasteiger partial charge in [-0.2, -0.15) is 0 Å². The number of benzene rings is 5. The van der Waals surface area contributed by atoms with E-state index in [0.29, 0.717) is 0 Å². The number of hydrogen-bond acceptors (Lipinski definition) is 3. The summed E-state index contributed by atoms with van der Waals surface area (Å²) >= 11 is 0. The maximum atomic E-state index is 5.13. The number of anilines is 1. The Balaban J connectivity index is 1.35. The minimum Gasteiger partial charge on any atom is -0.361 e. The maximum Gasteiger partial charge on any atom is 0.0938 e. The van der Waals surface area contributed by atoms with E-state index in [1.54, 1.807) is 0 Å². The molecule has 0 N–H and O–H groups in total. The van der Waals surface area contributed by atoms with Crippen molar-refractivity contribution in [2.75, 3.05) is 18.6 Å². The summed E-state index contributed by atoms with van der Waals surface area (Å²) in [5.74, 6) is 0. The number of nitrogens with zero attached hydrogens (tertiary/aromatic N) is 4. The molecule has 4 nitrogen and oxygen atoms in total. The zero-order valence-corrected chi connectivity index (χ0v) is 26.9. The van der Waals surface area contributed by atoms with Crippen molar-refractivity contribution in [3.05, 3.63) is 186 Å². The molecule has 7 aromatic rings. The molecule has 0 spiro atoms. The Bertz CT molecular complexity index is 2300. The molecule has 5 aromatic carbocycles. The number of fused-ring (bicyclic) bond motifs is 5. The average molecular weight is 609 g/mol. The molecule has 47 heavy (non-hydrogen) atoms. The number of rotatable bonds is 4. The molecule has 0 saturated heterocycles. The quantitative estimate of drug-likeness (QED) is 0.199. The van der Waals surface area contributed by atoms with Crippen molar-refractivity contribution in [1.82, 2.24) is 14.5 Å². The molecule has 2 aromatic heterocycles. The molecule has 228 valence electrons. The first-order chi connectivity index (χ1) is 23.0. The first kappa shape index (κ1) is 27.7. The molecule has 0 amide bonds. The number of pyridine rings is 1. The first-order valence-electron chi connectivity index (χ1n) is 16.4. The minimum absolute atomic E-state index is 0.162. The van der Waals surface area contributed by atoms with E-state index in [9.17, 15) is 0 Å². The van der Waals surface area contributed by atoms with Crippen LogP contribution in [0.3, 0.4) is 0 Å². The van der Waals surface area contributed by atoms with Gasteiger partial charge in [0.05, 0.1) is 28.8 Å². The highest BCUT2D eigenvalue weighted by Crippen LogP contribution is 2.55. The van der Waals surface area contributed by atoms with Crippen molar-refractivity contribution in [1.29, 1.82) is 0 Å². The van der Waals surface area contributed by atoms with E-state index in [1.807, 2.05) is 12.3 Å². The third kappa shape index (κ3) is 3.91. The highest BCUT2D eigenvalue weighted by atomic mass is 15.3. The van der Waals surface area contributed by atoms with Crippen LogP contribution in [-0.2, 0) is 10.8 Å². The van der Waals surface area contributed by atoms with Gasteiger partial charge in [-0.3, -0.25) is 4.98 Å². The number of hydrogen-bond donors (Lipinski definition) is 0. The Hall–Kier alpha value is -5.61. The predicted octanol–water partition coefficient (Wildman–Crippen LogP) is 9.38. The second-order valence-corrected chi connectivity index (χ2v) is 13.5. The van der Waals surface area contributed by atoms with Crippen LogP contribution >= 0.6 is 0 Å². The smallest absolute Gasteiger partial charge is 0.0938 e. The number of aromatic nitrogens is 2. The van der Waals surface area contributed by atoms with Gasteiger partial charge in [0.15, 0.2) is 0 Å². The second kappa shape index (κ2) is 10.2. The van der Waals surface area contributed by atoms with Gasteiger partial charge >= 0.3 is 0 Å². The average Bonchev–Trinajstić information content (AvgIpc) is 3.70. The summed E-state index contributed by atoms with van der Waals surface area (Å²) in [4.78, 5) is 9.62. The lowest BCUT2D eigenvalue weighted by Gasteiger charge is -2.47. The third-order valence-corrected chi connectivity index (χ3v) is 10.5. The maximum absolute atomic E-state index is 5.13. The molecular weight excluding hydrogens is 573 g/mol. The van der Waals surface area contributed by atoms with E-state index in [-0.39, 0.29) is 5.41 Å². The molecule has 0 unspecified atom stereocenters. The lowest BCUT2D eigenvalue weighted by Crippen LogP contribution is -2.42. The molecule has 0 fully saturated rings. The van der Waals surface area contributed by atoms with E-state index < -0.39 is 5.41 Å². The van der Waals surface area contributed by atoms with Crippen molar-refractivity contribution in [2.24, 2.45) is 0 Å². The van der Waals surface area contributed by atoms with Gasteiger partial charge in [-0.1, -0.05) is 105 Å². The highest BCUT2D eigenvalue weighted by molar-refractivity contribution is 6.10. The van der Waals surface area contributed by atoms with Gasteiger partial charge < -0.3 is 14.4 Å². The standard InChI is InChI=1S/C43H36N4/c1-42(2)35-16-5-7-18-37(35)43(41-21-10-11-24-44-41,38-19-8-6-17-36(38)42)30-13-12-14-32(27-30)47-39-20-9-4-15-33(39)34-23-22-31(28-40(34)47)46-26-25-45(3)29-46/h4-28H,29H2,1-3H3. The van der Waals surface area contributed by atoms with Crippen molar-refractivity contribution in [2.45, 2.75) is 24.7 Å². The van der Waals surface area contributed by atoms with Crippen LogP contribution in [0.15, 0.2) is 152 Å². The largest absolute Gasteiger partial charge is 0.361 e. The summed E-state index contributed by atoms with van der Waals surface area (Å²) in [6, 6.07) is 49.1. The van der Waals surface area contributed by atoms with E-state index in [2.05, 4.69) is 175 Å². The molecule has 9 rings (SSSR count). The Morgan fingerprint density at radius 2 is 1.26 bits per heavy atom. The molecule has 2 aliphatic rings. The lowest BCUT2D eigenvalue weighted by atomic mass is 9.55. The fraction of sp³-hybridized carbons (Fsp3) is 0.140. The van der Waals surface area contributed by atoms with Gasteiger partial charge in [0.2, 0.25) is 0 Å². The van der Waals surface area contributed by atoms with Crippen LogP contribution in [0.5, 0.6) is 0 Å². The van der Waals surface area contributed by atoms with Gasteiger partial charge in [0, 0.05) is 53.2 Å². The van der Waals surface area contributed by atoms with Crippen LogP contribution in [0.2, 0.25) is 0 Å². The third-order valence-electron chi connectivity index (χ3n) is 10.5. The van der Waals surface area contributed by atoms with Crippen molar-refractivity contribution >= 4 is 27.5 Å². The second-order valence-electron chi connectivity index (χ2n) is 13.5. The van der Waals surface area contributed by atoms with Crippen LogP contribution in [-0.4, -0.2) is 28.2 Å². The summed E-state index contributed by atoms with van der Waals surface area (Å²) in [6.07, 6.45) is 6.22. The van der Waals surface area contributed by atoms with Crippen molar-refractivity contribution < 1.29 is 0 Å². The summed E-state index contributed by atoms with van der Waals surface area (Å²) in [5, 5.41) is 2.50. The molecule has 3 heterocycles. The molecule has 4 heteroatoms. The fourth-order valence-corrected chi connectivity index (χ4v) is 8.31. The van der Waals surface area contributed by atoms with Crippen LogP contribution in [0.25, 0.3) is 27.5 Å². The Labute approximate surface area is 275 Å². The monoisotopic (exact) mass is 608 g/mol. The molecule has 1 aliphatic carbocycles. The van der Waals surface area contributed by atoms with Gasteiger partial charge in [0.25, 0.3) is 0 Å². The van der Waals surface area contributed by atoms with E-state index in [4.69, 9.17) is 4.98 Å². The van der Waals surface area contributed by atoms with E-state index in [0.717, 1.165) is 18.1 Å². The molecule has 0 bridgehead atoms. The number of para-hydroxylation sites is 1. The van der Waals surface area contributed by atoms with Gasteiger partial charge in [-0.25, -0.2) is 0 Å². The topological polar surface area (TPSA) is 24.3 Å². The van der Waals surface area contributed by atoms with Gasteiger partial charge in [0.1, 0.15) is 0 Å². The first-order valence-corrected chi connectivity index (χ1v) is 16.4.